The number of rotatable bonds is 12. The predicted molar refractivity (Wildman–Crippen MR) is 279 cm³/mol. The van der Waals surface area contributed by atoms with Crippen molar-refractivity contribution in [2.45, 2.75) is 127 Å². The average Bonchev–Trinajstić information content (AvgIpc) is 4.25. The molecule has 0 spiro atoms. The van der Waals surface area contributed by atoms with Crippen molar-refractivity contribution >= 4 is 39.7 Å². The average molecular weight is 1080 g/mol. The van der Waals surface area contributed by atoms with Gasteiger partial charge in [0.15, 0.2) is 24.3 Å². The maximum atomic E-state index is 12.0. The van der Waals surface area contributed by atoms with E-state index in [4.69, 9.17) is 50.4 Å². The first kappa shape index (κ1) is 58.2. The van der Waals surface area contributed by atoms with Crippen LogP contribution in [0.4, 0.5) is 17.6 Å². The number of nitrogens with two attached hydrogens (primary N) is 3. The van der Waals surface area contributed by atoms with Crippen LogP contribution >= 0.6 is 0 Å². The van der Waals surface area contributed by atoms with Crippen LogP contribution in [0.2, 0.25) is 0 Å². The van der Waals surface area contributed by atoms with Crippen LogP contribution in [-0.4, -0.2) is 166 Å². The molecule has 9 heterocycles. The number of aromatic nitrogens is 10. The second-order valence-corrected chi connectivity index (χ2v) is 19.7. The molecule has 422 valence electrons. The van der Waals surface area contributed by atoms with Crippen molar-refractivity contribution in [2.75, 3.05) is 72.1 Å². The summed E-state index contributed by atoms with van der Waals surface area (Å²) in [6.07, 6.45) is 5.85. The van der Waals surface area contributed by atoms with E-state index in [9.17, 15) is 39.6 Å². The van der Waals surface area contributed by atoms with Crippen LogP contribution in [0.15, 0.2) is 50.3 Å². The summed E-state index contributed by atoms with van der Waals surface area (Å²) in [4.78, 5) is 67.6. The van der Waals surface area contributed by atoms with Crippen molar-refractivity contribution in [2.24, 2.45) is 5.92 Å². The Hall–Kier alpha value is -6.44. The van der Waals surface area contributed by atoms with Gasteiger partial charge < -0.3 is 79.9 Å². The Morgan fingerprint density at radius 3 is 1.58 bits per heavy atom. The van der Waals surface area contributed by atoms with E-state index in [-0.39, 0.29) is 47.6 Å². The van der Waals surface area contributed by atoms with Crippen LogP contribution in [0.3, 0.4) is 0 Å². The molecule has 0 aromatic carbocycles. The largest absolute Gasteiger partial charge is 0.391 e. The number of aromatic amines is 2. The lowest BCUT2D eigenvalue weighted by Crippen LogP contribution is -2.36. The molecule has 6 aromatic rings. The van der Waals surface area contributed by atoms with Gasteiger partial charge in [0, 0.05) is 90.2 Å². The molecule has 0 bridgehead atoms. The first-order valence-corrected chi connectivity index (χ1v) is 24.9. The van der Waals surface area contributed by atoms with Crippen LogP contribution in [-0.2, 0) is 33.2 Å². The van der Waals surface area contributed by atoms with E-state index < -0.39 is 60.0 Å². The Balaban J connectivity index is 0.000000149. The molecule has 3 saturated heterocycles. The quantitative estimate of drug-likeness (QED) is 0.0763. The SMILES string of the molecule is COCC1CC(O)C(n2cc(C)c(=O)[nH]c2=O)O1.COCC1CC(O)C(n2cc(C)c(N)nc2=O)C1.COCC1CC(O)C(n2cc(C)c3c(=O)[nH]c(N)nc32)O1.COCC1CC(O)C(n2cc(C)c3c(N)ncnc32)O1. The molecule has 28 nitrogen and oxygen atoms in total. The Bertz CT molecular complexity index is 3210. The van der Waals surface area contributed by atoms with E-state index in [0.717, 1.165) is 28.5 Å². The lowest BCUT2D eigenvalue weighted by molar-refractivity contribution is -0.0583. The van der Waals surface area contributed by atoms with Gasteiger partial charge in [-0.05, 0) is 57.6 Å². The lowest BCUT2D eigenvalue weighted by atomic mass is 10.1. The number of fused-ring (bicyclic) bond motifs is 2. The van der Waals surface area contributed by atoms with Gasteiger partial charge >= 0.3 is 11.4 Å². The van der Waals surface area contributed by atoms with Crippen molar-refractivity contribution in [1.29, 1.82) is 0 Å². The van der Waals surface area contributed by atoms with Gasteiger partial charge in [0.2, 0.25) is 5.95 Å². The summed E-state index contributed by atoms with van der Waals surface area (Å²) in [7, 11) is 6.38. The summed E-state index contributed by atoms with van der Waals surface area (Å²) in [5.74, 6) is 0.997. The molecule has 77 heavy (non-hydrogen) atoms. The molecular formula is C49H71N13O15. The minimum absolute atomic E-state index is 0.0350. The van der Waals surface area contributed by atoms with Crippen LogP contribution < -0.4 is 39.7 Å². The minimum atomic E-state index is -0.798. The molecule has 4 aliphatic rings. The molecule has 12 N–H and O–H groups in total. The zero-order valence-electron chi connectivity index (χ0n) is 44.3. The second-order valence-electron chi connectivity index (χ2n) is 19.7. The number of nitrogens with one attached hydrogen (secondary N) is 2. The van der Waals surface area contributed by atoms with E-state index in [2.05, 4.69) is 29.9 Å². The number of H-pyrrole nitrogens is 2. The zero-order chi connectivity index (χ0) is 56.0. The monoisotopic (exact) mass is 1080 g/mol. The molecule has 4 fully saturated rings. The molecule has 6 aromatic heterocycles. The molecule has 28 heteroatoms. The number of hydrogen-bond donors (Lipinski definition) is 9. The molecule has 1 saturated carbocycles. The number of nitrogen functional groups attached to an aromatic ring is 3. The maximum Gasteiger partial charge on any atom is 0.349 e. The summed E-state index contributed by atoms with van der Waals surface area (Å²) in [5, 5.41) is 41.6. The first-order chi connectivity index (χ1) is 36.7. The lowest BCUT2D eigenvalue weighted by Gasteiger charge is -2.18. The summed E-state index contributed by atoms with van der Waals surface area (Å²) in [6, 6.07) is -0.232. The summed E-state index contributed by atoms with van der Waals surface area (Å²) >= 11 is 0. The van der Waals surface area contributed by atoms with Crippen molar-refractivity contribution in [3.63, 3.8) is 0 Å². The van der Waals surface area contributed by atoms with Crippen molar-refractivity contribution in [1.82, 2.24) is 48.2 Å². The van der Waals surface area contributed by atoms with Gasteiger partial charge in [-0.3, -0.25) is 28.7 Å². The number of anilines is 3. The van der Waals surface area contributed by atoms with Crippen LogP contribution in [0.5, 0.6) is 0 Å². The van der Waals surface area contributed by atoms with E-state index in [1.165, 1.54) is 21.7 Å². The highest BCUT2D eigenvalue weighted by molar-refractivity contribution is 5.89. The van der Waals surface area contributed by atoms with Gasteiger partial charge in [0.25, 0.3) is 11.1 Å². The fraction of sp³-hybridized carbons (Fsp3) is 0.592. The third kappa shape index (κ3) is 13.1. The van der Waals surface area contributed by atoms with Crippen LogP contribution in [0.25, 0.3) is 22.1 Å². The highest BCUT2D eigenvalue weighted by Gasteiger charge is 2.39. The zero-order valence-corrected chi connectivity index (χ0v) is 44.3. The van der Waals surface area contributed by atoms with Gasteiger partial charge in [-0.25, -0.2) is 19.6 Å². The Labute approximate surface area is 440 Å². The normalized spacial score (nSPS) is 26.8. The molecular weight excluding hydrogens is 1010 g/mol. The number of nitrogens with zero attached hydrogens (tertiary/aromatic N) is 8. The number of aliphatic hydroxyl groups is 4. The van der Waals surface area contributed by atoms with Gasteiger partial charge in [0.05, 0.1) is 61.1 Å². The number of ether oxygens (including phenoxy) is 7. The molecule has 3 aliphatic heterocycles. The van der Waals surface area contributed by atoms with Gasteiger partial charge in [-0.2, -0.15) is 9.97 Å². The molecule has 12 unspecified atom stereocenters. The van der Waals surface area contributed by atoms with Crippen LogP contribution in [0, 0.1) is 33.6 Å². The smallest absolute Gasteiger partial charge is 0.349 e. The van der Waals surface area contributed by atoms with Gasteiger partial charge in [-0.15, -0.1) is 0 Å². The third-order valence-electron chi connectivity index (χ3n) is 13.8. The standard InChI is InChI=1S/C13H18N4O4.C13H18N4O3.C12H19N3O3.C11H16N2O5/c1-6-4-17(10-9(6)11(19)16-13(14)15-10)12-8(18)3-7(21-12)5-20-2;1-7-4-17(12-10(7)11(14)15-6-16-12)13-9(18)3-8(20-13)5-19-2;1-7-5-15(12(17)14-11(7)13)9-3-8(6-18-2)4-10(9)16;1-6-4-13(11(16)12-9(6)15)10-8(14)3-7(18-10)5-17-2/h4,7-8,12,18H,3,5H2,1-2H3,(H3,14,15,16,19);4,6,8-9,13,18H,3,5H2,1-2H3,(H2,14,15,16);5,8-10,16H,3-4,6H2,1-2H3,(H2,13,14,17);4,7-8,10,14H,3,5H2,1-2H3,(H,12,15,16). The fourth-order valence-electron chi connectivity index (χ4n) is 10.2. The third-order valence-corrected chi connectivity index (χ3v) is 13.8. The Morgan fingerprint density at radius 1 is 0.545 bits per heavy atom. The van der Waals surface area contributed by atoms with Crippen molar-refractivity contribution in [3.8, 4) is 0 Å². The van der Waals surface area contributed by atoms with Crippen LogP contribution in [0.1, 0.15) is 79.1 Å². The maximum absolute atomic E-state index is 12.0. The van der Waals surface area contributed by atoms with E-state index in [0.29, 0.717) is 80.2 Å². The van der Waals surface area contributed by atoms with E-state index in [1.54, 1.807) is 66.2 Å². The van der Waals surface area contributed by atoms with E-state index >= 15 is 0 Å². The molecule has 1 aliphatic carbocycles. The minimum Gasteiger partial charge on any atom is -0.391 e. The summed E-state index contributed by atoms with van der Waals surface area (Å²) in [6.45, 7) is 8.94. The second kappa shape index (κ2) is 25.4. The Kier molecular flexibility index (Phi) is 19.2. The number of aryl methyl sites for hydroxylation is 4. The number of hydrogen-bond acceptors (Lipinski definition) is 22. The first-order valence-electron chi connectivity index (χ1n) is 24.9. The van der Waals surface area contributed by atoms with E-state index in [1.807, 2.05) is 17.7 Å². The predicted octanol–water partition coefficient (Wildman–Crippen LogP) is -0.241. The van der Waals surface area contributed by atoms with Crippen molar-refractivity contribution in [3.05, 3.63) is 95.0 Å². The number of aliphatic hydroxyl groups excluding tert-OH is 4. The summed E-state index contributed by atoms with van der Waals surface area (Å²) < 4.78 is 43.5. The molecule has 0 radical (unpaired) electrons. The Morgan fingerprint density at radius 2 is 1.04 bits per heavy atom. The molecule has 10 rings (SSSR count). The topological polar surface area (TPSA) is 395 Å². The fourth-order valence-corrected chi connectivity index (χ4v) is 10.2. The molecule has 0 amide bonds. The van der Waals surface area contributed by atoms with Crippen molar-refractivity contribution < 1.29 is 53.6 Å². The van der Waals surface area contributed by atoms with Gasteiger partial charge in [-0.1, -0.05) is 0 Å². The summed E-state index contributed by atoms with van der Waals surface area (Å²) in [5.41, 5.74) is 19.3. The van der Waals surface area contributed by atoms with Gasteiger partial charge in [0.1, 0.15) is 41.9 Å². The highest BCUT2D eigenvalue weighted by atomic mass is 16.6. The number of methoxy groups -OCH3 is 4. The molecule has 12 atom stereocenters. The highest BCUT2D eigenvalue weighted by Crippen LogP contribution is 2.36.